The number of methoxy groups -OCH3 is 3. The van der Waals surface area contributed by atoms with Crippen molar-refractivity contribution < 1.29 is 28.6 Å². The first kappa shape index (κ1) is 27.5. The van der Waals surface area contributed by atoms with Gasteiger partial charge in [0.15, 0.2) is 23.1 Å². The molecule has 0 saturated carbocycles. The van der Waals surface area contributed by atoms with Crippen molar-refractivity contribution in [3.8, 4) is 17.2 Å². The summed E-state index contributed by atoms with van der Waals surface area (Å²) in [4.78, 5) is 46.3. The maximum absolute atomic E-state index is 14.9. The molecule has 1 spiro atoms. The fourth-order valence-corrected chi connectivity index (χ4v) is 7.21. The van der Waals surface area contributed by atoms with E-state index in [0.29, 0.717) is 39.6 Å². The van der Waals surface area contributed by atoms with E-state index in [0.717, 1.165) is 11.3 Å². The van der Waals surface area contributed by atoms with Crippen molar-refractivity contribution in [2.45, 2.75) is 17.5 Å². The van der Waals surface area contributed by atoms with Gasteiger partial charge in [0.1, 0.15) is 17.2 Å². The number of ether oxygens (including phenoxy) is 3. The summed E-state index contributed by atoms with van der Waals surface area (Å²) in [5.74, 6) is -0.540. The summed E-state index contributed by atoms with van der Waals surface area (Å²) in [6.45, 7) is 0. The van der Waals surface area contributed by atoms with Crippen LogP contribution in [0.3, 0.4) is 0 Å². The van der Waals surface area contributed by atoms with Crippen LogP contribution < -0.4 is 24.4 Å². The SMILES string of the molecule is COc1ccc(C(=O)[C@@H]2[C@H](C(=O)c3ccc(OC)c(OC)c3)N3c4ccccc4C=C[C@@H]3[C@]23C(=O)Nc2ccccc23)cc1. The van der Waals surface area contributed by atoms with Crippen LogP contribution in [0.25, 0.3) is 6.08 Å². The maximum Gasteiger partial charge on any atom is 0.238 e. The summed E-state index contributed by atoms with van der Waals surface area (Å²) in [6, 6.07) is 25.3. The number of nitrogens with zero attached hydrogens (tertiary/aromatic N) is 1. The Bertz CT molecular complexity index is 1850. The zero-order valence-electron chi connectivity index (χ0n) is 24.4. The summed E-state index contributed by atoms with van der Waals surface area (Å²) >= 11 is 0. The second kappa shape index (κ2) is 10.4. The Labute approximate surface area is 254 Å². The number of hydrogen-bond donors (Lipinski definition) is 1. The average molecular weight is 587 g/mol. The van der Waals surface area contributed by atoms with E-state index in [1.165, 1.54) is 14.2 Å². The van der Waals surface area contributed by atoms with Crippen molar-refractivity contribution in [1.29, 1.82) is 0 Å². The van der Waals surface area contributed by atoms with Gasteiger partial charge in [-0.15, -0.1) is 0 Å². The van der Waals surface area contributed by atoms with Gasteiger partial charge in [0, 0.05) is 22.5 Å². The molecule has 4 aromatic rings. The number of fused-ring (bicyclic) bond motifs is 6. The van der Waals surface area contributed by atoms with Crippen LogP contribution in [0.4, 0.5) is 11.4 Å². The maximum atomic E-state index is 14.9. The second-order valence-corrected chi connectivity index (χ2v) is 11.1. The number of hydrogen-bond acceptors (Lipinski definition) is 7. The molecule has 1 saturated heterocycles. The molecule has 1 amide bonds. The third-order valence-corrected chi connectivity index (χ3v) is 9.14. The lowest BCUT2D eigenvalue weighted by molar-refractivity contribution is -0.121. The van der Waals surface area contributed by atoms with Crippen LogP contribution in [0.2, 0.25) is 0 Å². The first-order valence-corrected chi connectivity index (χ1v) is 14.3. The number of para-hydroxylation sites is 2. The molecule has 0 unspecified atom stereocenters. The number of carbonyl (C=O) groups excluding carboxylic acids is 3. The molecule has 4 atom stereocenters. The van der Waals surface area contributed by atoms with Crippen molar-refractivity contribution in [2.75, 3.05) is 31.5 Å². The minimum Gasteiger partial charge on any atom is -0.497 e. The van der Waals surface area contributed by atoms with Crippen molar-refractivity contribution in [2.24, 2.45) is 5.92 Å². The van der Waals surface area contributed by atoms with Crippen LogP contribution >= 0.6 is 0 Å². The number of Topliss-reactive ketones (excluding diaryl/α,β-unsaturated/α-hetero) is 2. The Kier molecular flexibility index (Phi) is 6.50. The molecule has 220 valence electrons. The van der Waals surface area contributed by atoms with Crippen molar-refractivity contribution in [1.82, 2.24) is 0 Å². The predicted molar refractivity (Wildman–Crippen MR) is 167 cm³/mol. The lowest BCUT2D eigenvalue weighted by Gasteiger charge is -2.37. The lowest BCUT2D eigenvalue weighted by Crippen LogP contribution is -2.51. The normalized spacial score (nSPS) is 22.6. The van der Waals surface area contributed by atoms with E-state index >= 15 is 0 Å². The van der Waals surface area contributed by atoms with E-state index in [2.05, 4.69) is 5.32 Å². The number of anilines is 2. The van der Waals surface area contributed by atoms with Crippen LogP contribution in [0, 0.1) is 5.92 Å². The highest BCUT2D eigenvalue weighted by molar-refractivity contribution is 6.18. The molecule has 0 bridgehead atoms. The Balaban J connectivity index is 1.51. The predicted octanol–water partition coefficient (Wildman–Crippen LogP) is 5.57. The molecular formula is C36H30N2O6. The molecule has 8 heteroatoms. The van der Waals surface area contributed by atoms with Gasteiger partial charge >= 0.3 is 0 Å². The number of amides is 1. The van der Waals surface area contributed by atoms with E-state index in [1.54, 1.807) is 49.6 Å². The van der Waals surface area contributed by atoms with Gasteiger partial charge in [-0.05, 0) is 65.7 Å². The van der Waals surface area contributed by atoms with Crippen LogP contribution in [0.1, 0.15) is 31.8 Å². The van der Waals surface area contributed by atoms with Gasteiger partial charge in [-0.3, -0.25) is 14.4 Å². The number of benzene rings is 4. The van der Waals surface area contributed by atoms with Crippen molar-refractivity contribution in [3.63, 3.8) is 0 Å². The van der Waals surface area contributed by atoms with E-state index in [9.17, 15) is 14.4 Å². The lowest BCUT2D eigenvalue weighted by atomic mass is 9.64. The van der Waals surface area contributed by atoms with E-state index in [1.807, 2.05) is 65.6 Å². The summed E-state index contributed by atoms with van der Waals surface area (Å²) in [5, 5.41) is 3.05. The van der Waals surface area contributed by atoms with Gasteiger partial charge < -0.3 is 24.4 Å². The molecule has 44 heavy (non-hydrogen) atoms. The third-order valence-electron chi connectivity index (χ3n) is 9.14. The molecule has 3 aliphatic rings. The number of carbonyl (C=O) groups is 3. The van der Waals surface area contributed by atoms with E-state index < -0.39 is 23.4 Å². The zero-order chi connectivity index (χ0) is 30.6. The van der Waals surface area contributed by atoms with E-state index in [4.69, 9.17) is 14.2 Å². The largest absolute Gasteiger partial charge is 0.497 e. The number of nitrogens with one attached hydrogen (secondary N) is 1. The molecule has 0 radical (unpaired) electrons. The molecule has 4 aromatic carbocycles. The van der Waals surface area contributed by atoms with Crippen molar-refractivity contribution >= 4 is 34.9 Å². The van der Waals surface area contributed by atoms with Crippen LogP contribution in [-0.2, 0) is 10.2 Å². The fourth-order valence-electron chi connectivity index (χ4n) is 7.21. The average Bonchev–Trinajstić information content (AvgIpc) is 3.55. The standard InChI is InChI=1S/C36H30N2O6/c1-42-24-16-12-22(13-17-24)33(39)31-32(34(40)23-14-18-28(43-2)29(20-23)44-3)38-27-11-7-4-8-21(27)15-19-30(38)36(31)25-9-5-6-10-26(25)37-35(36)41/h4-20,30-32H,1-3H3,(H,37,41)/t30-,31+,32-,36+/m1/s1. The number of ketones is 2. The van der Waals surface area contributed by atoms with Gasteiger partial charge in [0.2, 0.25) is 5.91 Å². The Hall–Kier alpha value is -5.37. The van der Waals surface area contributed by atoms with Crippen LogP contribution in [0.5, 0.6) is 17.2 Å². The van der Waals surface area contributed by atoms with Gasteiger partial charge in [-0.1, -0.05) is 48.6 Å². The summed E-state index contributed by atoms with van der Waals surface area (Å²) in [6.07, 6.45) is 3.94. The molecule has 1 N–H and O–H groups in total. The molecular weight excluding hydrogens is 556 g/mol. The van der Waals surface area contributed by atoms with E-state index in [-0.39, 0.29) is 17.5 Å². The Morgan fingerprint density at radius 1 is 0.773 bits per heavy atom. The summed E-state index contributed by atoms with van der Waals surface area (Å²) < 4.78 is 16.3. The van der Waals surface area contributed by atoms with Gasteiger partial charge in [-0.25, -0.2) is 0 Å². The Morgan fingerprint density at radius 3 is 2.23 bits per heavy atom. The zero-order valence-corrected chi connectivity index (χ0v) is 24.4. The highest BCUT2D eigenvalue weighted by Crippen LogP contribution is 2.58. The second-order valence-electron chi connectivity index (χ2n) is 11.1. The van der Waals surface area contributed by atoms with Crippen molar-refractivity contribution in [3.05, 3.63) is 119 Å². The summed E-state index contributed by atoms with van der Waals surface area (Å²) in [5.41, 5.74) is 2.34. The molecule has 8 nitrogen and oxygen atoms in total. The quantitative estimate of drug-likeness (QED) is 0.283. The first-order chi connectivity index (χ1) is 21.4. The smallest absolute Gasteiger partial charge is 0.238 e. The third kappa shape index (κ3) is 3.80. The molecule has 1 fully saturated rings. The summed E-state index contributed by atoms with van der Waals surface area (Å²) in [7, 11) is 4.59. The Morgan fingerprint density at radius 2 is 1.48 bits per heavy atom. The molecule has 7 rings (SSSR count). The van der Waals surface area contributed by atoms with Crippen LogP contribution in [-0.4, -0.2) is 50.9 Å². The minimum atomic E-state index is -1.39. The molecule has 3 aliphatic heterocycles. The topological polar surface area (TPSA) is 94.2 Å². The van der Waals surface area contributed by atoms with Gasteiger partial charge in [0.05, 0.1) is 33.3 Å². The first-order valence-electron chi connectivity index (χ1n) is 14.3. The number of rotatable bonds is 7. The van der Waals surface area contributed by atoms with Crippen LogP contribution in [0.15, 0.2) is 97.1 Å². The minimum absolute atomic E-state index is 0.304. The van der Waals surface area contributed by atoms with Gasteiger partial charge in [0.25, 0.3) is 0 Å². The van der Waals surface area contributed by atoms with Gasteiger partial charge in [-0.2, -0.15) is 0 Å². The monoisotopic (exact) mass is 586 g/mol. The fraction of sp³-hybridized carbons (Fsp3) is 0.194. The molecule has 0 aromatic heterocycles. The molecule has 0 aliphatic carbocycles. The molecule has 3 heterocycles. The highest BCUT2D eigenvalue weighted by atomic mass is 16.5. The highest BCUT2D eigenvalue weighted by Gasteiger charge is 2.70.